The molecule has 0 atom stereocenters. The number of aryl methyl sites for hydroxylation is 6. The SMILES string of the molecule is CCc1cc(C)cc(CC)c1Nc1ccc([C+](c2ccc(Nc3c(CC)cc(C)cc3CC)c(C(N)=O)c2)c2ccc(S(=O)(=O)[O-])cc2S(=O)(=O)[O-])cc1NC=O.[K+]. The molecule has 5 rings (SSSR count). The Kier molecular flexibility index (Phi) is 15.6. The second-order valence-electron chi connectivity index (χ2n) is 13.7. The Morgan fingerprint density at radius 2 is 1.12 bits per heavy atom. The third-order valence-corrected chi connectivity index (χ3v) is 11.5. The maximum absolute atomic E-state index is 13.2. The summed E-state index contributed by atoms with van der Waals surface area (Å²) in [5.41, 5.74) is 15.4. The third kappa shape index (κ3) is 10.4. The van der Waals surface area contributed by atoms with Crippen LogP contribution in [0.3, 0.4) is 0 Å². The zero-order valence-corrected chi connectivity index (χ0v) is 38.3. The number of benzene rings is 5. The van der Waals surface area contributed by atoms with E-state index >= 15 is 0 Å². The van der Waals surface area contributed by atoms with Crippen molar-refractivity contribution in [2.45, 2.75) is 77.0 Å². The van der Waals surface area contributed by atoms with Crippen LogP contribution >= 0.6 is 0 Å². The molecular formula is C43H45KN4O8S2. The standard InChI is InChI=1S/C43H46N4O8S2.K/c1-7-27-17-25(5)18-28(8-2)41(27)46-36-15-11-31(21-35(36)43(44)49)40(34-14-13-33(56(50,51)52)23-39(34)57(53,54)55)32-12-16-37(38(22-32)45-24-48)47-42-29(9-3)19-26(6)20-30(42)10-4;/h11-24,47H,7-10H2,1-6H3,(H5-,44,45,46,48,49,50,51,52,53,54,55);/q;+1/p-1. The topological polar surface area (TPSA) is 211 Å². The van der Waals surface area contributed by atoms with Gasteiger partial charge in [0.25, 0.3) is 5.91 Å². The summed E-state index contributed by atoms with van der Waals surface area (Å²) in [6.45, 7) is 12.1. The van der Waals surface area contributed by atoms with Gasteiger partial charge in [-0.1, -0.05) is 63.1 Å². The fourth-order valence-corrected chi connectivity index (χ4v) is 8.43. The normalized spacial score (nSPS) is 11.4. The predicted octanol–water partition coefficient (Wildman–Crippen LogP) is 4.54. The van der Waals surface area contributed by atoms with Gasteiger partial charge in [0.05, 0.1) is 50.1 Å². The minimum absolute atomic E-state index is 0. The van der Waals surface area contributed by atoms with Crippen LogP contribution in [0.1, 0.15) is 88.1 Å². The number of amides is 2. The van der Waals surface area contributed by atoms with Crippen LogP contribution in [0.5, 0.6) is 0 Å². The number of rotatable bonds is 16. The van der Waals surface area contributed by atoms with Crippen molar-refractivity contribution in [3.8, 4) is 0 Å². The molecule has 58 heavy (non-hydrogen) atoms. The summed E-state index contributed by atoms with van der Waals surface area (Å²) < 4.78 is 74.5. The second kappa shape index (κ2) is 19.4. The molecule has 0 spiro atoms. The summed E-state index contributed by atoms with van der Waals surface area (Å²) in [6.07, 6.45) is 3.33. The predicted molar refractivity (Wildman–Crippen MR) is 220 cm³/mol. The van der Waals surface area contributed by atoms with E-state index in [0.717, 1.165) is 69.7 Å². The Bertz CT molecular complexity index is 2550. The van der Waals surface area contributed by atoms with Crippen molar-refractivity contribution in [1.29, 1.82) is 0 Å². The zero-order chi connectivity index (χ0) is 41.8. The molecule has 5 aromatic carbocycles. The van der Waals surface area contributed by atoms with E-state index in [2.05, 4.69) is 40.2 Å². The first-order chi connectivity index (χ1) is 26.9. The van der Waals surface area contributed by atoms with Crippen LogP contribution in [0.4, 0.5) is 28.4 Å². The molecule has 0 unspecified atom stereocenters. The number of carbonyl (C=O) groups excluding carboxylic acids is 2. The number of nitrogens with one attached hydrogen (secondary N) is 3. The molecule has 12 nitrogen and oxygen atoms in total. The smallest absolute Gasteiger partial charge is 0.744 e. The molecule has 0 saturated carbocycles. The number of carbonyl (C=O) groups is 2. The van der Waals surface area contributed by atoms with E-state index in [9.17, 15) is 35.5 Å². The summed E-state index contributed by atoms with van der Waals surface area (Å²) in [4.78, 5) is 23.3. The van der Waals surface area contributed by atoms with Crippen LogP contribution in [0.15, 0.2) is 88.7 Å². The number of nitrogens with two attached hydrogens (primary N) is 1. The fourth-order valence-electron chi connectivity index (χ4n) is 7.14. The van der Waals surface area contributed by atoms with E-state index in [1.807, 2.05) is 41.5 Å². The maximum Gasteiger partial charge on any atom is 1.00 e. The molecule has 0 aliphatic rings. The molecule has 0 heterocycles. The molecule has 298 valence electrons. The van der Waals surface area contributed by atoms with Crippen LogP contribution < -0.4 is 73.1 Å². The van der Waals surface area contributed by atoms with Gasteiger partial charge in [-0.05, 0) is 104 Å². The van der Waals surface area contributed by atoms with Gasteiger partial charge in [-0.15, -0.1) is 0 Å². The molecule has 5 N–H and O–H groups in total. The third-order valence-electron chi connectivity index (χ3n) is 9.81. The van der Waals surface area contributed by atoms with Crippen LogP contribution in [-0.4, -0.2) is 38.3 Å². The van der Waals surface area contributed by atoms with E-state index in [0.29, 0.717) is 36.7 Å². The van der Waals surface area contributed by atoms with Crippen molar-refractivity contribution in [3.63, 3.8) is 0 Å². The van der Waals surface area contributed by atoms with Crippen molar-refractivity contribution >= 4 is 61.0 Å². The largest absolute Gasteiger partial charge is 1.00 e. The van der Waals surface area contributed by atoms with Gasteiger partial charge in [-0.3, -0.25) is 9.59 Å². The van der Waals surface area contributed by atoms with Gasteiger partial charge < -0.3 is 30.8 Å². The monoisotopic (exact) mass is 848 g/mol. The van der Waals surface area contributed by atoms with Gasteiger partial charge in [0.1, 0.15) is 25.1 Å². The van der Waals surface area contributed by atoms with E-state index in [1.54, 1.807) is 30.3 Å². The summed E-state index contributed by atoms with van der Waals surface area (Å²) in [7, 11) is -10.6. The molecule has 0 aliphatic carbocycles. The molecule has 0 saturated heterocycles. The van der Waals surface area contributed by atoms with Crippen molar-refractivity contribution < 1.29 is 86.9 Å². The molecule has 2 amide bonds. The first-order valence-electron chi connectivity index (χ1n) is 18.4. The molecule has 0 bridgehead atoms. The number of anilines is 5. The van der Waals surface area contributed by atoms with Crippen molar-refractivity contribution in [1.82, 2.24) is 0 Å². The Morgan fingerprint density at radius 1 is 0.655 bits per heavy atom. The average Bonchev–Trinajstić information content (AvgIpc) is 3.16. The minimum Gasteiger partial charge on any atom is -0.744 e. The van der Waals surface area contributed by atoms with Crippen molar-refractivity contribution in [3.05, 3.63) is 140 Å². The van der Waals surface area contributed by atoms with Gasteiger partial charge in [0.2, 0.25) is 6.41 Å². The summed E-state index contributed by atoms with van der Waals surface area (Å²) >= 11 is 0. The molecule has 5 aromatic rings. The Morgan fingerprint density at radius 3 is 1.55 bits per heavy atom. The summed E-state index contributed by atoms with van der Waals surface area (Å²) in [5, 5.41) is 9.55. The first kappa shape index (κ1) is 46.7. The number of primary amides is 1. The van der Waals surface area contributed by atoms with Crippen LogP contribution in [0.25, 0.3) is 0 Å². The summed E-state index contributed by atoms with van der Waals surface area (Å²) in [6, 6.07) is 20.2. The van der Waals surface area contributed by atoms with E-state index in [1.165, 1.54) is 6.07 Å². The minimum atomic E-state index is -5.42. The van der Waals surface area contributed by atoms with Crippen LogP contribution in [0.2, 0.25) is 0 Å². The van der Waals surface area contributed by atoms with Crippen LogP contribution in [0, 0.1) is 19.8 Å². The zero-order valence-electron chi connectivity index (χ0n) is 33.6. The van der Waals surface area contributed by atoms with Gasteiger partial charge >= 0.3 is 51.4 Å². The number of hydrogen-bond donors (Lipinski definition) is 4. The van der Waals surface area contributed by atoms with E-state index in [-0.39, 0.29) is 85.2 Å². The quantitative estimate of drug-likeness (QED) is 0.0358. The van der Waals surface area contributed by atoms with Crippen molar-refractivity contribution in [2.24, 2.45) is 5.73 Å². The van der Waals surface area contributed by atoms with Gasteiger partial charge in [-0.25, -0.2) is 16.8 Å². The molecule has 0 aromatic heterocycles. The second-order valence-corrected chi connectivity index (χ2v) is 16.4. The van der Waals surface area contributed by atoms with Gasteiger partial charge in [0.15, 0.2) is 0 Å². The Labute approximate surface area is 383 Å². The van der Waals surface area contributed by atoms with Crippen molar-refractivity contribution in [2.75, 3.05) is 16.0 Å². The van der Waals surface area contributed by atoms with Gasteiger partial charge in [-0.2, -0.15) is 0 Å². The molecule has 0 fully saturated rings. The first-order valence-corrected chi connectivity index (χ1v) is 21.3. The van der Waals surface area contributed by atoms with Crippen LogP contribution in [-0.2, 0) is 50.7 Å². The fraction of sp³-hybridized carbons (Fsp3) is 0.233. The molecule has 15 heteroatoms. The molecular weight excluding hydrogens is 804 g/mol. The summed E-state index contributed by atoms with van der Waals surface area (Å²) in [5.74, 6) is -0.753. The average molecular weight is 849 g/mol. The Hall–Kier alpha value is -4.03. The van der Waals surface area contributed by atoms with E-state index < -0.39 is 35.9 Å². The van der Waals surface area contributed by atoms with Gasteiger partial charge in [0, 0.05) is 23.5 Å². The van der Waals surface area contributed by atoms with E-state index in [4.69, 9.17) is 5.73 Å². The number of hydrogen-bond acceptors (Lipinski definition) is 10. The maximum atomic E-state index is 13.2. The molecule has 0 radical (unpaired) electrons. The molecule has 0 aliphatic heterocycles. The Balaban J connectivity index is 0.00000744.